The summed E-state index contributed by atoms with van der Waals surface area (Å²) in [4.78, 5) is 19.0. The summed E-state index contributed by atoms with van der Waals surface area (Å²) in [5.74, 6) is 0.604. The van der Waals surface area contributed by atoms with Crippen molar-refractivity contribution in [2.45, 2.75) is 13.2 Å². The molecular formula is C15H15N3O3. The number of H-pyrrole nitrogens is 1. The van der Waals surface area contributed by atoms with Gasteiger partial charge in [0.25, 0.3) is 0 Å². The van der Waals surface area contributed by atoms with Crippen molar-refractivity contribution in [2.24, 2.45) is 0 Å². The lowest BCUT2D eigenvalue weighted by Gasteiger charge is -2.10. The van der Waals surface area contributed by atoms with Gasteiger partial charge in [0.15, 0.2) is 0 Å². The number of hydrogen-bond donors (Lipinski definition) is 2. The number of nitriles is 1. The second-order valence-electron chi connectivity index (χ2n) is 4.31. The van der Waals surface area contributed by atoms with Gasteiger partial charge < -0.3 is 9.72 Å². The van der Waals surface area contributed by atoms with Crippen molar-refractivity contribution in [3.63, 3.8) is 0 Å². The quantitative estimate of drug-likeness (QED) is 0.620. The number of methoxy groups -OCH3 is 1. The van der Waals surface area contributed by atoms with Crippen molar-refractivity contribution >= 4 is 0 Å². The third-order valence-corrected chi connectivity index (χ3v) is 2.86. The lowest BCUT2D eigenvalue weighted by molar-refractivity contribution is 0.0225. The van der Waals surface area contributed by atoms with E-state index in [9.17, 15) is 4.79 Å². The molecular weight excluding hydrogens is 270 g/mol. The van der Waals surface area contributed by atoms with E-state index >= 15 is 0 Å². The number of rotatable bonds is 6. The third kappa shape index (κ3) is 4.18. The van der Waals surface area contributed by atoms with E-state index in [1.54, 1.807) is 37.6 Å². The van der Waals surface area contributed by atoms with Gasteiger partial charge in [-0.2, -0.15) is 10.7 Å². The van der Waals surface area contributed by atoms with Gasteiger partial charge in [-0.3, -0.25) is 9.63 Å². The van der Waals surface area contributed by atoms with Crippen LogP contribution >= 0.6 is 0 Å². The molecule has 0 saturated heterocycles. The summed E-state index contributed by atoms with van der Waals surface area (Å²) in [6.07, 6.45) is 1.59. The van der Waals surface area contributed by atoms with Crippen LogP contribution in [0, 0.1) is 11.3 Å². The highest BCUT2D eigenvalue weighted by atomic mass is 16.6. The van der Waals surface area contributed by atoms with Gasteiger partial charge in [-0.1, -0.05) is 6.07 Å². The number of hydrogen-bond acceptors (Lipinski definition) is 5. The normalized spacial score (nSPS) is 10.1. The van der Waals surface area contributed by atoms with Gasteiger partial charge >= 0.3 is 0 Å². The number of pyridine rings is 1. The number of nitrogens with one attached hydrogen (secondary N) is 2. The highest BCUT2D eigenvalue weighted by molar-refractivity contribution is 5.42. The van der Waals surface area contributed by atoms with Crippen molar-refractivity contribution in [2.75, 3.05) is 7.11 Å². The molecule has 0 aliphatic rings. The largest absolute Gasteiger partial charge is 0.496 e. The zero-order valence-corrected chi connectivity index (χ0v) is 11.6. The number of aromatic nitrogens is 1. The Bertz CT molecular complexity index is 704. The van der Waals surface area contributed by atoms with Gasteiger partial charge in [-0.05, 0) is 23.8 Å². The van der Waals surface area contributed by atoms with Crippen LogP contribution in [0.25, 0.3) is 0 Å². The Balaban J connectivity index is 1.89. The number of ether oxygens (including phenoxy) is 1. The first-order valence-corrected chi connectivity index (χ1v) is 6.32. The average Bonchev–Trinajstić information content (AvgIpc) is 2.51. The first kappa shape index (κ1) is 14.8. The molecule has 6 nitrogen and oxygen atoms in total. The molecule has 0 bridgehead atoms. The maximum absolute atomic E-state index is 11.1. The molecule has 0 saturated carbocycles. The molecule has 0 amide bonds. The summed E-state index contributed by atoms with van der Waals surface area (Å²) in [5.41, 5.74) is 4.82. The number of benzene rings is 1. The average molecular weight is 285 g/mol. The minimum Gasteiger partial charge on any atom is -0.496 e. The molecule has 0 aliphatic carbocycles. The standard InChI is InChI=1S/C15H15N3O3/c1-20-14-6-11(8-16)2-3-13(14)10-21-18-9-12-4-5-17-15(19)7-12/h2-7,18H,9-10H2,1H3,(H,17,19). The Morgan fingerprint density at radius 3 is 2.90 bits per heavy atom. The van der Waals surface area contributed by atoms with E-state index in [-0.39, 0.29) is 12.2 Å². The summed E-state index contributed by atoms with van der Waals surface area (Å²) in [5, 5.41) is 8.83. The van der Waals surface area contributed by atoms with Gasteiger partial charge in [0, 0.05) is 24.4 Å². The molecule has 2 N–H and O–H groups in total. The van der Waals surface area contributed by atoms with E-state index in [2.05, 4.69) is 16.5 Å². The van der Waals surface area contributed by atoms with Gasteiger partial charge in [-0.15, -0.1) is 0 Å². The predicted octanol–water partition coefficient (Wildman–Crippen LogP) is 1.48. The Hall–Kier alpha value is -2.62. The fraction of sp³-hybridized carbons (Fsp3) is 0.200. The first-order chi connectivity index (χ1) is 10.2. The van der Waals surface area contributed by atoms with E-state index in [1.165, 1.54) is 6.07 Å². The smallest absolute Gasteiger partial charge is 0.248 e. The molecule has 0 atom stereocenters. The Kier molecular flexibility index (Phi) is 5.10. The molecule has 21 heavy (non-hydrogen) atoms. The number of nitrogens with zero attached hydrogens (tertiary/aromatic N) is 1. The van der Waals surface area contributed by atoms with Gasteiger partial charge in [0.1, 0.15) is 5.75 Å². The molecule has 1 aromatic carbocycles. The van der Waals surface area contributed by atoms with E-state index in [0.717, 1.165) is 11.1 Å². The zero-order chi connectivity index (χ0) is 15.1. The SMILES string of the molecule is COc1cc(C#N)ccc1CONCc1cc[nH]c(=O)c1. The van der Waals surface area contributed by atoms with Gasteiger partial charge in [-0.25, -0.2) is 0 Å². The predicted molar refractivity (Wildman–Crippen MR) is 76.4 cm³/mol. The van der Waals surface area contributed by atoms with Crippen LogP contribution in [-0.4, -0.2) is 12.1 Å². The Morgan fingerprint density at radius 1 is 1.33 bits per heavy atom. The van der Waals surface area contributed by atoms with Crippen molar-refractivity contribution < 1.29 is 9.57 Å². The minimum absolute atomic E-state index is 0.150. The van der Waals surface area contributed by atoms with Crippen LogP contribution in [-0.2, 0) is 18.0 Å². The fourth-order valence-corrected chi connectivity index (χ4v) is 1.80. The number of hydroxylamine groups is 1. The van der Waals surface area contributed by atoms with Crippen LogP contribution in [0.3, 0.4) is 0 Å². The van der Waals surface area contributed by atoms with Crippen LogP contribution in [0.15, 0.2) is 41.3 Å². The fourth-order valence-electron chi connectivity index (χ4n) is 1.80. The molecule has 0 radical (unpaired) electrons. The van der Waals surface area contributed by atoms with Crippen molar-refractivity contribution in [3.05, 3.63) is 63.6 Å². The molecule has 2 rings (SSSR count). The second-order valence-corrected chi connectivity index (χ2v) is 4.31. The summed E-state index contributed by atoms with van der Waals surface area (Å²) >= 11 is 0. The summed E-state index contributed by atoms with van der Waals surface area (Å²) in [6, 6.07) is 10.5. The topological polar surface area (TPSA) is 87.1 Å². The molecule has 2 aromatic rings. The van der Waals surface area contributed by atoms with Gasteiger partial charge in [0.2, 0.25) is 5.56 Å². The highest BCUT2D eigenvalue weighted by Gasteiger charge is 2.04. The lowest BCUT2D eigenvalue weighted by Crippen LogP contribution is -2.16. The maximum atomic E-state index is 11.1. The summed E-state index contributed by atoms with van der Waals surface area (Å²) < 4.78 is 5.21. The molecule has 6 heteroatoms. The molecule has 0 fully saturated rings. The van der Waals surface area contributed by atoms with Crippen molar-refractivity contribution in [1.82, 2.24) is 10.5 Å². The highest BCUT2D eigenvalue weighted by Crippen LogP contribution is 2.20. The third-order valence-electron chi connectivity index (χ3n) is 2.86. The Labute approximate surface area is 121 Å². The summed E-state index contributed by atoms with van der Waals surface area (Å²) in [6.45, 7) is 0.709. The van der Waals surface area contributed by atoms with E-state index in [0.29, 0.717) is 17.9 Å². The van der Waals surface area contributed by atoms with Crippen LogP contribution in [0.4, 0.5) is 0 Å². The molecule has 0 aliphatic heterocycles. The van der Waals surface area contributed by atoms with Crippen LogP contribution in [0.5, 0.6) is 5.75 Å². The van der Waals surface area contributed by atoms with Crippen molar-refractivity contribution in [3.8, 4) is 11.8 Å². The molecule has 1 heterocycles. The van der Waals surface area contributed by atoms with Gasteiger partial charge in [0.05, 0.1) is 25.3 Å². The summed E-state index contributed by atoms with van der Waals surface area (Å²) in [7, 11) is 1.55. The van der Waals surface area contributed by atoms with Crippen LogP contribution in [0.2, 0.25) is 0 Å². The second kappa shape index (κ2) is 7.24. The monoisotopic (exact) mass is 285 g/mol. The molecule has 0 unspecified atom stereocenters. The Morgan fingerprint density at radius 2 is 2.19 bits per heavy atom. The van der Waals surface area contributed by atoms with Crippen LogP contribution in [0.1, 0.15) is 16.7 Å². The maximum Gasteiger partial charge on any atom is 0.248 e. The van der Waals surface area contributed by atoms with E-state index in [1.807, 2.05) is 0 Å². The first-order valence-electron chi connectivity index (χ1n) is 6.32. The minimum atomic E-state index is -0.150. The van der Waals surface area contributed by atoms with E-state index < -0.39 is 0 Å². The molecule has 0 spiro atoms. The number of aromatic amines is 1. The van der Waals surface area contributed by atoms with Crippen LogP contribution < -0.4 is 15.8 Å². The lowest BCUT2D eigenvalue weighted by atomic mass is 10.1. The molecule has 108 valence electrons. The van der Waals surface area contributed by atoms with E-state index in [4.69, 9.17) is 14.8 Å². The molecule has 1 aromatic heterocycles. The van der Waals surface area contributed by atoms with Crippen molar-refractivity contribution in [1.29, 1.82) is 5.26 Å². The zero-order valence-electron chi connectivity index (χ0n) is 11.6.